The Morgan fingerprint density at radius 3 is 2.34 bits per heavy atom. The number of rotatable bonds is 7. The minimum Gasteiger partial charge on any atom is -0.508 e. The van der Waals surface area contributed by atoms with Crippen molar-refractivity contribution >= 4 is 23.6 Å². The number of phenols is 1. The van der Waals surface area contributed by atoms with Gasteiger partial charge in [0.2, 0.25) is 5.91 Å². The van der Waals surface area contributed by atoms with Gasteiger partial charge in [0, 0.05) is 5.69 Å². The highest BCUT2D eigenvalue weighted by Gasteiger charge is 2.35. The number of nitrogens with one attached hydrogen (secondary N) is 2. The highest BCUT2D eigenvalue weighted by molar-refractivity contribution is 5.99. The molecule has 0 spiro atoms. The molecule has 0 saturated heterocycles. The second kappa shape index (κ2) is 11.4. The van der Waals surface area contributed by atoms with Gasteiger partial charge < -0.3 is 25.4 Å². The Hall–Kier alpha value is -4.06. The van der Waals surface area contributed by atoms with Gasteiger partial charge in [0.15, 0.2) is 0 Å². The lowest BCUT2D eigenvalue weighted by molar-refractivity contribution is -0.139. The van der Waals surface area contributed by atoms with E-state index in [-0.39, 0.29) is 5.75 Å². The summed E-state index contributed by atoms with van der Waals surface area (Å²) < 4.78 is 5.22. The van der Waals surface area contributed by atoms with Gasteiger partial charge in [-0.2, -0.15) is 5.26 Å². The van der Waals surface area contributed by atoms with Gasteiger partial charge >= 0.3 is 6.09 Å². The number of benzene rings is 2. The Morgan fingerprint density at radius 2 is 1.77 bits per heavy atom. The van der Waals surface area contributed by atoms with E-state index >= 15 is 0 Å². The first-order valence-corrected chi connectivity index (χ1v) is 11.2. The number of ether oxygens (including phenoxy) is 1. The van der Waals surface area contributed by atoms with E-state index in [9.17, 15) is 24.8 Å². The summed E-state index contributed by atoms with van der Waals surface area (Å²) in [5.74, 6) is -1.16. The molecular weight excluding hydrogens is 448 g/mol. The molecule has 2 unspecified atom stereocenters. The lowest BCUT2D eigenvalue weighted by atomic mass is 10.00. The second-order valence-corrected chi connectivity index (χ2v) is 9.24. The minimum atomic E-state index is -1.20. The molecule has 0 bridgehead atoms. The summed E-state index contributed by atoms with van der Waals surface area (Å²) in [7, 11) is 0. The molecule has 0 saturated carbocycles. The fourth-order valence-corrected chi connectivity index (χ4v) is 3.40. The number of hydrogen-bond acceptors (Lipinski definition) is 6. The van der Waals surface area contributed by atoms with Crippen molar-refractivity contribution in [2.45, 2.75) is 59.2 Å². The van der Waals surface area contributed by atoms with Gasteiger partial charge in [-0.15, -0.1) is 0 Å². The molecular formula is C26H32N4O5. The Balaban J connectivity index is 2.45. The molecule has 0 heterocycles. The van der Waals surface area contributed by atoms with Crippen LogP contribution >= 0.6 is 0 Å². The molecule has 35 heavy (non-hydrogen) atoms. The Labute approximate surface area is 205 Å². The van der Waals surface area contributed by atoms with Gasteiger partial charge in [0.05, 0.1) is 6.07 Å². The fourth-order valence-electron chi connectivity index (χ4n) is 3.40. The topological polar surface area (TPSA) is 132 Å². The van der Waals surface area contributed by atoms with Gasteiger partial charge in [0.25, 0.3) is 5.91 Å². The quantitative estimate of drug-likeness (QED) is 0.514. The van der Waals surface area contributed by atoms with E-state index in [0.717, 1.165) is 10.5 Å². The molecule has 0 radical (unpaired) electrons. The summed E-state index contributed by atoms with van der Waals surface area (Å²) in [6.45, 7) is 9.62. The molecule has 3 N–H and O–H groups in total. The minimum absolute atomic E-state index is 0.0323. The number of hydrogen-bond donors (Lipinski definition) is 3. The van der Waals surface area contributed by atoms with Crippen LogP contribution in [0.5, 0.6) is 5.75 Å². The Bertz CT molecular complexity index is 1130. The molecule has 0 aromatic heterocycles. The highest BCUT2D eigenvalue weighted by Crippen LogP contribution is 2.28. The number of para-hydroxylation sites is 1. The number of aromatic hydroxyl groups is 1. The first-order chi connectivity index (χ1) is 16.3. The van der Waals surface area contributed by atoms with Crippen LogP contribution in [0.3, 0.4) is 0 Å². The monoisotopic (exact) mass is 480 g/mol. The molecule has 9 nitrogen and oxygen atoms in total. The first-order valence-electron chi connectivity index (χ1n) is 11.2. The normalized spacial score (nSPS) is 12.6. The molecule has 0 fully saturated rings. The summed E-state index contributed by atoms with van der Waals surface area (Å²) in [5.41, 5.74) is 1.51. The lowest BCUT2D eigenvalue weighted by Gasteiger charge is -2.32. The smallest absolute Gasteiger partial charge is 0.408 e. The van der Waals surface area contributed by atoms with E-state index < -0.39 is 42.1 Å². The van der Waals surface area contributed by atoms with Crippen LogP contribution in [0, 0.1) is 25.2 Å². The maximum absolute atomic E-state index is 13.5. The molecule has 2 atom stereocenters. The summed E-state index contributed by atoms with van der Waals surface area (Å²) in [6.07, 6.45) is -0.795. The van der Waals surface area contributed by atoms with Gasteiger partial charge in [-0.05, 0) is 76.4 Å². The fraction of sp³-hybridized carbons (Fsp3) is 0.385. The maximum Gasteiger partial charge on any atom is 0.408 e. The van der Waals surface area contributed by atoms with Gasteiger partial charge in [-0.25, -0.2) is 4.79 Å². The molecule has 186 valence electrons. The molecule has 2 aromatic carbocycles. The molecule has 2 rings (SSSR count). The third-order valence-corrected chi connectivity index (χ3v) is 5.13. The third kappa shape index (κ3) is 7.47. The van der Waals surface area contributed by atoms with E-state index in [1.54, 1.807) is 45.9 Å². The maximum atomic E-state index is 13.5. The Morgan fingerprint density at radius 1 is 1.11 bits per heavy atom. The van der Waals surface area contributed by atoms with Crippen molar-refractivity contribution in [3.8, 4) is 11.8 Å². The molecule has 3 amide bonds. The number of anilines is 1. The van der Waals surface area contributed by atoms with Crippen molar-refractivity contribution in [1.29, 1.82) is 5.26 Å². The van der Waals surface area contributed by atoms with Crippen LogP contribution in [0.15, 0.2) is 42.5 Å². The van der Waals surface area contributed by atoms with Gasteiger partial charge in [-0.3, -0.25) is 9.59 Å². The predicted molar refractivity (Wildman–Crippen MR) is 132 cm³/mol. The van der Waals surface area contributed by atoms with Crippen molar-refractivity contribution in [3.05, 3.63) is 59.2 Å². The van der Waals surface area contributed by atoms with E-state index in [1.165, 1.54) is 19.1 Å². The average molecular weight is 481 g/mol. The molecule has 0 aliphatic carbocycles. The third-order valence-electron chi connectivity index (χ3n) is 5.13. The van der Waals surface area contributed by atoms with E-state index in [2.05, 4.69) is 10.6 Å². The summed E-state index contributed by atoms with van der Waals surface area (Å²) in [5, 5.41) is 24.8. The van der Waals surface area contributed by atoms with Crippen molar-refractivity contribution in [2.75, 3.05) is 11.9 Å². The second-order valence-electron chi connectivity index (χ2n) is 9.24. The number of phenolic OH excluding ortho intramolecular Hbond substituents is 1. The number of aryl methyl sites for hydroxylation is 2. The van der Waals surface area contributed by atoms with Gasteiger partial charge in [0.1, 0.15) is 30.0 Å². The molecule has 9 heteroatoms. The number of carbonyl (C=O) groups is 3. The van der Waals surface area contributed by atoms with E-state index in [4.69, 9.17) is 4.74 Å². The van der Waals surface area contributed by atoms with Crippen LogP contribution in [0.25, 0.3) is 0 Å². The lowest BCUT2D eigenvalue weighted by Crippen LogP contribution is -2.51. The Kier molecular flexibility index (Phi) is 8.84. The standard InChI is InChI=1S/C26H32N4O5/c1-16-9-7-8-10-20(16)29-23(32)22(19-11-12-21(31)17(2)15-19)30(14-13-27)24(33)18(3)28-25(34)35-26(4,5)6/h7-12,15,18,22,31H,14H2,1-6H3,(H,28,34)(H,29,32). The average Bonchev–Trinajstić information content (AvgIpc) is 2.75. The van der Waals surface area contributed by atoms with Crippen LogP contribution in [-0.4, -0.2) is 46.1 Å². The largest absolute Gasteiger partial charge is 0.508 e. The van der Waals surface area contributed by atoms with Crippen LogP contribution < -0.4 is 10.6 Å². The summed E-state index contributed by atoms with van der Waals surface area (Å²) in [6, 6.07) is 11.4. The van der Waals surface area contributed by atoms with Crippen LogP contribution in [-0.2, 0) is 14.3 Å². The van der Waals surface area contributed by atoms with Crippen molar-refractivity contribution in [1.82, 2.24) is 10.2 Å². The van der Waals surface area contributed by atoms with Crippen LogP contribution in [0.4, 0.5) is 10.5 Å². The molecule has 0 aliphatic rings. The first kappa shape index (κ1) is 27.2. The number of alkyl carbamates (subject to hydrolysis) is 1. The van der Waals surface area contributed by atoms with E-state index in [1.807, 2.05) is 25.1 Å². The zero-order valence-corrected chi connectivity index (χ0v) is 20.9. The van der Waals surface area contributed by atoms with Crippen molar-refractivity contribution in [2.24, 2.45) is 0 Å². The SMILES string of the molecule is Cc1cc(C(C(=O)Nc2ccccc2C)N(CC#N)C(=O)C(C)NC(=O)OC(C)(C)C)ccc1O. The molecule has 2 aromatic rings. The van der Waals surface area contributed by atoms with Gasteiger partial charge in [-0.1, -0.05) is 24.3 Å². The van der Waals surface area contributed by atoms with Crippen molar-refractivity contribution < 1.29 is 24.2 Å². The van der Waals surface area contributed by atoms with Crippen LogP contribution in [0.2, 0.25) is 0 Å². The number of nitriles is 1. The number of nitrogens with zero attached hydrogens (tertiary/aromatic N) is 2. The van der Waals surface area contributed by atoms with Crippen molar-refractivity contribution in [3.63, 3.8) is 0 Å². The highest BCUT2D eigenvalue weighted by atomic mass is 16.6. The zero-order valence-electron chi connectivity index (χ0n) is 20.9. The summed E-state index contributed by atoms with van der Waals surface area (Å²) in [4.78, 5) is 40.2. The summed E-state index contributed by atoms with van der Waals surface area (Å²) >= 11 is 0. The number of carbonyl (C=O) groups excluding carboxylic acids is 3. The van der Waals surface area contributed by atoms with E-state index in [0.29, 0.717) is 16.8 Å². The molecule has 0 aliphatic heterocycles. The number of amides is 3. The zero-order chi connectivity index (χ0) is 26.3. The predicted octanol–water partition coefficient (Wildman–Crippen LogP) is 3.95. The van der Waals surface area contributed by atoms with Crippen LogP contribution in [0.1, 0.15) is 50.4 Å².